The summed E-state index contributed by atoms with van der Waals surface area (Å²) in [7, 11) is 0. The molecule has 2 nitrogen and oxygen atoms in total. The first kappa shape index (κ1) is 10.4. The highest BCUT2D eigenvalue weighted by Gasteiger charge is 2.32. The van der Waals surface area contributed by atoms with Crippen molar-refractivity contribution in [3.8, 4) is 0 Å². The molecule has 16 heavy (non-hydrogen) atoms. The molecule has 1 aromatic carbocycles. The molecule has 0 radical (unpaired) electrons. The maximum Gasteiger partial charge on any atom is 0.183 e. The van der Waals surface area contributed by atoms with Crippen LogP contribution in [0.25, 0.3) is 10.2 Å². The normalized spacial score (nSPS) is 23.6. The number of rotatable bonds is 3. The van der Waals surface area contributed by atoms with Gasteiger partial charge in [-0.15, -0.1) is 0 Å². The van der Waals surface area contributed by atoms with Crippen LogP contribution in [0.1, 0.15) is 13.3 Å². The summed E-state index contributed by atoms with van der Waals surface area (Å²) in [6.45, 7) is 3.35. The first-order valence-electron chi connectivity index (χ1n) is 5.52. The number of nitrogens with one attached hydrogen (secondary N) is 1. The van der Waals surface area contributed by atoms with E-state index < -0.39 is 0 Å². The third kappa shape index (κ3) is 2.02. The van der Waals surface area contributed by atoms with Crippen LogP contribution in [-0.2, 0) is 0 Å². The molecule has 2 unspecified atom stereocenters. The molecule has 84 valence electrons. The summed E-state index contributed by atoms with van der Waals surface area (Å²) >= 11 is 7.62. The van der Waals surface area contributed by atoms with Crippen LogP contribution in [0, 0.1) is 11.8 Å². The van der Waals surface area contributed by atoms with Crippen molar-refractivity contribution in [1.82, 2.24) is 4.98 Å². The van der Waals surface area contributed by atoms with Crippen molar-refractivity contribution in [2.24, 2.45) is 11.8 Å². The van der Waals surface area contributed by atoms with Gasteiger partial charge >= 0.3 is 0 Å². The average Bonchev–Trinajstić information content (AvgIpc) is 2.81. The highest BCUT2D eigenvalue weighted by molar-refractivity contribution is 7.22. The molecule has 0 saturated heterocycles. The molecule has 0 bridgehead atoms. The average molecular weight is 253 g/mol. The molecule has 1 heterocycles. The Hall–Kier alpha value is -0.800. The van der Waals surface area contributed by atoms with Crippen LogP contribution in [-0.4, -0.2) is 11.5 Å². The number of hydrogen-bond acceptors (Lipinski definition) is 3. The molecule has 1 aliphatic rings. The molecule has 3 rings (SSSR count). The topological polar surface area (TPSA) is 24.9 Å². The molecule has 0 amide bonds. The number of hydrogen-bond donors (Lipinski definition) is 1. The lowest BCUT2D eigenvalue weighted by Gasteiger charge is -1.98. The van der Waals surface area contributed by atoms with Crippen molar-refractivity contribution >= 4 is 38.3 Å². The lowest BCUT2D eigenvalue weighted by atomic mass is 10.3. The Morgan fingerprint density at radius 3 is 3.12 bits per heavy atom. The van der Waals surface area contributed by atoms with Crippen molar-refractivity contribution in [3.63, 3.8) is 0 Å². The van der Waals surface area contributed by atoms with E-state index in [-0.39, 0.29) is 0 Å². The largest absolute Gasteiger partial charge is 0.361 e. The summed E-state index contributed by atoms with van der Waals surface area (Å²) in [4.78, 5) is 4.53. The minimum absolute atomic E-state index is 0.776. The fourth-order valence-corrected chi connectivity index (χ4v) is 3.02. The van der Waals surface area contributed by atoms with Gasteiger partial charge in [0, 0.05) is 11.6 Å². The Balaban J connectivity index is 1.77. The zero-order valence-electron chi connectivity index (χ0n) is 9.03. The van der Waals surface area contributed by atoms with Crippen LogP contribution in [0.15, 0.2) is 18.2 Å². The molecule has 2 aromatic rings. The lowest BCUT2D eigenvalue weighted by molar-refractivity contribution is 0.787. The number of halogens is 1. The van der Waals surface area contributed by atoms with E-state index in [0.29, 0.717) is 0 Å². The minimum atomic E-state index is 0.776. The summed E-state index contributed by atoms with van der Waals surface area (Å²) in [5, 5.41) is 5.20. The minimum Gasteiger partial charge on any atom is -0.361 e. The molecule has 2 atom stereocenters. The molecule has 1 aromatic heterocycles. The highest BCUT2D eigenvalue weighted by atomic mass is 35.5. The van der Waals surface area contributed by atoms with Crippen molar-refractivity contribution in [3.05, 3.63) is 23.2 Å². The first-order valence-corrected chi connectivity index (χ1v) is 6.72. The fourth-order valence-electron chi connectivity index (χ4n) is 1.88. The first-order chi connectivity index (χ1) is 7.72. The highest BCUT2D eigenvalue weighted by Crippen LogP contribution is 2.38. The third-order valence-electron chi connectivity index (χ3n) is 3.14. The van der Waals surface area contributed by atoms with Crippen LogP contribution in [0.4, 0.5) is 5.13 Å². The quantitative estimate of drug-likeness (QED) is 0.893. The molecule has 0 spiro atoms. The van der Waals surface area contributed by atoms with E-state index >= 15 is 0 Å². The number of thiazole rings is 1. The molecule has 1 saturated carbocycles. The van der Waals surface area contributed by atoms with Crippen molar-refractivity contribution in [1.29, 1.82) is 0 Å². The third-order valence-corrected chi connectivity index (χ3v) is 4.35. The fraction of sp³-hybridized carbons (Fsp3) is 0.417. The van der Waals surface area contributed by atoms with E-state index in [2.05, 4.69) is 17.2 Å². The van der Waals surface area contributed by atoms with Crippen LogP contribution >= 0.6 is 22.9 Å². The molecular formula is C12H13ClN2S. The van der Waals surface area contributed by atoms with Crippen molar-refractivity contribution in [2.45, 2.75) is 13.3 Å². The predicted octanol–water partition coefficient (Wildman–Crippen LogP) is 4.02. The summed E-state index contributed by atoms with van der Waals surface area (Å²) in [6, 6.07) is 5.83. The Morgan fingerprint density at radius 2 is 2.38 bits per heavy atom. The molecule has 4 heteroatoms. The van der Waals surface area contributed by atoms with Gasteiger partial charge in [-0.1, -0.05) is 29.9 Å². The molecular weight excluding hydrogens is 240 g/mol. The number of fused-ring (bicyclic) bond motifs is 1. The van der Waals surface area contributed by atoms with Gasteiger partial charge in [0.15, 0.2) is 5.13 Å². The van der Waals surface area contributed by atoms with Gasteiger partial charge in [-0.25, -0.2) is 4.98 Å². The number of aromatic nitrogens is 1. The molecule has 1 fully saturated rings. The van der Waals surface area contributed by atoms with Crippen molar-refractivity contribution in [2.75, 3.05) is 11.9 Å². The Labute approximate surface area is 104 Å². The SMILES string of the molecule is CC1CC1CNc1nc2ccc(Cl)cc2s1. The second-order valence-corrected chi connectivity index (χ2v) is 5.95. The van der Waals surface area contributed by atoms with E-state index in [4.69, 9.17) is 11.6 Å². The maximum atomic E-state index is 5.94. The Kier molecular flexibility index (Phi) is 2.52. The van der Waals surface area contributed by atoms with Gasteiger partial charge in [0.05, 0.1) is 10.2 Å². The summed E-state index contributed by atoms with van der Waals surface area (Å²) in [5.41, 5.74) is 1.03. The molecule has 1 N–H and O–H groups in total. The van der Waals surface area contributed by atoms with Gasteiger partial charge in [0.1, 0.15) is 0 Å². The number of anilines is 1. The van der Waals surface area contributed by atoms with Crippen LogP contribution in [0.5, 0.6) is 0 Å². The van der Waals surface area contributed by atoms with Gasteiger partial charge in [-0.05, 0) is 36.5 Å². The maximum absolute atomic E-state index is 5.94. The van der Waals surface area contributed by atoms with Crippen molar-refractivity contribution < 1.29 is 0 Å². The summed E-state index contributed by atoms with van der Waals surface area (Å²) in [6.07, 6.45) is 1.35. The second kappa shape index (κ2) is 3.90. The van der Waals surface area contributed by atoms with Gasteiger partial charge in [0.2, 0.25) is 0 Å². The zero-order chi connectivity index (χ0) is 11.1. The van der Waals surface area contributed by atoms with E-state index in [0.717, 1.165) is 38.8 Å². The Morgan fingerprint density at radius 1 is 1.56 bits per heavy atom. The molecule has 1 aliphatic carbocycles. The smallest absolute Gasteiger partial charge is 0.183 e. The van der Waals surface area contributed by atoms with E-state index in [1.807, 2.05) is 18.2 Å². The van der Waals surface area contributed by atoms with E-state index in [1.165, 1.54) is 6.42 Å². The van der Waals surface area contributed by atoms with Gasteiger partial charge in [-0.2, -0.15) is 0 Å². The second-order valence-electron chi connectivity index (χ2n) is 4.49. The van der Waals surface area contributed by atoms with Crippen LogP contribution < -0.4 is 5.32 Å². The van der Waals surface area contributed by atoms with Gasteiger partial charge < -0.3 is 5.32 Å². The van der Waals surface area contributed by atoms with Crippen LogP contribution in [0.3, 0.4) is 0 Å². The summed E-state index contributed by atoms with van der Waals surface area (Å²) < 4.78 is 1.15. The zero-order valence-corrected chi connectivity index (χ0v) is 10.6. The number of nitrogens with zero attached hydrogens (tertiary/aromatic N) is 1. The number of benzene rings is 1. The molecule has 0 aliphatic heterocycles. The van der Waals surface area contributed by atoms with Gasteiger partial charge in [0.25, 0.3) is 0 Å². The van der Waals surface area contributed by atoms with Gasteiger partial charge in [-0.3, -0.25) is 0 Å². The van der Waals surface area contributed by atoms with E-state index in [9.17, 15) is 0 Å². The van der Waals surface area contributed by atoms with E-state index in [1.54, 1.807) is 11.3 Å². The Bertz CT molecular complexity index is 523. The van der Waals surface area contributed by atoms with Crippen LogP contribution in [0.2, 0.25) is 5.02 Å². The predicted molar refractivity (Wildman–Crippen MR) is 70.4 cm³/mol. The summed E-state index contributed by atoms with van der Waals surface area (Å²) in [5.74, 6) is 1.73. The lowest BCUT2D eigenvalue weighted by Crippen LogP contribution is -2.03. The standard InChI is InChI=1S/C12H13ClN2S/c1-7-4-8(7)6-14-12-15-10-3-2-9(13)5-11(10)16-12/h2-3,5,7-8H,4,6H2,1H3,(H,14,15). The monoisotopic (exact) mass is 252 g/mol.